The summed E-state index contributed by atoms with van der Waals surface area (Å²) in [5.41, 5.74) is 1.37. The van der Waals surface area contributed by atoms with Crippen LogP contribution in [0.5, 0.6) is 0 Å². The first-order valence-corrected chi connectivity index (χ1v) is 7.63. The molecule has 1 heterocycles. The van der Waals surface area contributed by atoms with Crippen molar-refractivity contribution < 1.29 is 5.11 Å². The van der Waals surface area contributed by atoms with E-state index in [4.69, 9.17) is 11.6 Å². The molecule has 17 heavy (non-hydrogen) atoms. The zero-order chi connectivity index (χ0) is 11.8. The second-order valence-electron chi connectivity index (χ2n) is 5.19. The Hall–Kier alpha value is -0.0900. The molecule has 2 unspecified atom stereocenters. The van der Waals surface area contributed by atoms with Crippen LogP contribution in [0, 0.1) is 5.92 Å². The fraction of sp³-hybridized carbons (Fsp3) is 0.692. The molecule has 0 spiro atoms. The molecule has 2 aliphatic rings. The number of rotatable bonds is 4. The number of nitrogens with one attached hydrogen (secondary N) is 1. The largest absolute Gasteiger partial charge is 0.392 e. The summed E-state index contributed by atoms with van der Waals surface area (Å²) in [5, 5.41) is 13.4. The molecule has 0 saturated heterocycles. The second kappa shape index (κ2) is 4.88. The highest BCUT2D eigenvalue weighted by molar-refractivity contribution is 7.16. The molecule has 94 valence electrons. The van der Waals surface area contributed by atoms with Crippen LogP contribution < -0.4 is 5.32 Å². The van der Waals surface area contributed by atoms with Gasteiger partial charge in [0.1, 0.15) is 0 Å². The number of aryl methyl sites for hydroxylation is 1. The summed E-state index contributed by atoms with van der Waals surface area (Å²) in [7, 11) is 0. The fourth-order valence-electron chi connectivity index (χ4n) is 2.64. The molecule has 0 amide bonds. The number of aliphatic hydroxyl groups is 1. The predicted octanol–water partition coefficient (Wildman–Crippen LogP) is 3.14. The van der Waals surface area contributed by atoms with E-state index in [1.54, 1.807) is 11.3 Å². The van der Waals surface area contributed by atoms with Gasteiger partial charge in [0.05, 0.1) is 10.4 Å². The lowest BCUT2D eigenvalue weighted by Crippen LogP contribution is -2.32. The Morgan fingerprint density at radius 1 is 1.47 bits per heavy atom. The van der Waals surface area contributed by atoms with Crippen LogP contribution in [0.2, 0.25) is 4.34 Å². The molecule has 0 aliphatic heterocycles. The minimum Gasteiger partial charge on any atom is -0.392 e. The maximum Gasteiger partial charge on any atom is 0.0934 e. The summed E-state index contributed by atoms with van der Waals surface area (Å²) in [5.74, 6) is 0.552. The molecule has 1 saturated carbocycles. The highest BCUT2D eigenvalue weighted by Gasteiger charge is 2.30. The molecule has 1 aromatic heterocycles. The van der Waals surface area contributed by atoms with Crippen molar-refractivity contribution in [3.05, 3.63) is 20.8 Å². The Kier molecular flexibility index (Phi) is 3.44. The third-order valence-corrected chi connectivity index (χ3v) is 5.16. The predicted molar refractivity (Wildman–Crippen MR) is 71.7 cm³/mol. The fourth-order valence-corrected chi connectivity index (χ4v) is 4.03. The molecular weight excluding hydrogens is 254 g/mol. The molecule has 4 heteroatoms. The van der Waals surface area contributed by atoms with Crippen LogP contribution in [0.15, 0.2) is 6.07 Å². The quantitative estimate of drug-likeness (QED) is 0.882. The van der Waals surface area contributed by atoms with Gasteiger partial charge >= 0.3 is 0 Å². The van der Waals surface area contributed by atoms with Gasteiger partial charge in [-0.3, -0.25) is 0 Å². The maximum atomic E-state index is 9.89. The topological polar surface area (TPSA) is 32.3 Å². The van der Waals surface area contributed by atoms with E-state index in [-0.39, 0.29) is 6.10 Å². The van der Waals surface area contributed by atoms with Crippen molar-refractivity contribution in [3.8, 4) is 0 Å². The lowest BCUT2D eigenvalue weighted by Gasteiger charge is -2.25. The zero-order valence-electron chi connectivity index (χ0n) is 9.79. The molecule has 2 N–H and O–H groups in total. The molecule has 0 aromatic carbocycles. The number of aliphatic hydroxyl groups excluding tert-OH is 1. The Labute approximate surface area is 111 Å². The Bertz CT molecular complexity index is 402. The molecule has 1 fully saturated rings. The first-order valence-electron chi connectivity index (χ1n) is 6.43. The van der Waals surface area contributed by atoms with E-state index in [1.807, 2.05) is 0 Å². The Morgan fingerprint density at radius 3 is 3.06 bits per heavy atom. The van der Waals surface area contributed by atoms with Crippen LogP contribution in [0.4, 0.5) is 0 Å². The molecule has 3 rings (SSSR count). The van der Waals surface area contributed by atoms with Crippen LogP contribution in [0.25, 0.3) is 0 Å². The standard InChI is InChI=1S/C13H18ClNOS/c14-13-6-9-10(2-1-3-12(9)17-13)15-7-11(16)8-4-5-8/h6,8,10-11,15-16H,1-5,7H2. The average Bonchev–Trinajstić information content (AvgIpc) is 3.08. The minimum absolute atomic E-state index is 0.158. The van der Waals surface area contributed by atoms with Crippen molar-refractivity contribution in [2.45, 2.75) is 44.2 Å². The molecule has 2 aliphatic carbocycles. The van der Waals surface area contributed by atoms with Gasteiger partial charge in [-0.15, -0.1) is 11.3 Å². The number of fused-ring (bicyclic) bond motifs is 1. The molecule has 1 aromatic rings. The van der Waals surface area contributed by atoms with Gasteiger partial charge in [0.25, 0.3) is 0 Å². The van der Waals surface area contributed by atoms with E-state index in [2.05, 4.69) is 11.4 Å². The lowest BCUT2D eigenvalue weighted by molar-refractivity contribution is 0.143. The van der Waals surface area contributed by atoms with Gasteiger partial charge in [0.15, 0.2) is 0 Å². The van der Waals surface area contributed by atoms with E-state index < -0.39 is 0 Å². The minimum atomic E-state index is -0.158. The van der Waals surface area contributed by atoms with Crippen LogP contribution in [0.3, 0.4) is 0 Å². The van der Waals surface area contributed by atoms with E-state index in [0.29, 0.717) is 12.0 Å². The first-order chi connectivity index (χ1) is 8.24. The van der Waals surface area contributed by atoms with Crippen molar-refractivity contribution >= 4 is 22.9 Å². The summed E-state index contributed by atoms with van der Waals surface area (Å²) in [6, 6.07) is 2.50. The lowest BCUT2D eigenvalue weighted by atomic mass is 9.94. The number of hydrogen-bond donors (Lipinski definition) is 2. The summed E-state index contributed by atoms with van der Waals surface area (Å²) in [6.07, 6.45) is 5.79. The molecule has 0 radical (unpaired) electrons. The Balaban J connectivity index is 1.63. The van der Waals surface area contributed by atoms with Crippen molar-refractivity contribution in [2.24, 2.45) is 5.92 Å². The summed E-state index contributed by atoms with van der Waals surface area (Å²) in [6.45, 7) is 0.724. The van der Waals surface area contributed by atoms with Crippen LogP contribution >= 0.6 is 22.9 Å². The highest BCUT2D eigenvalue weighted by Crippen LogP contribution is 2.38. The summed E-state index contributed by atoms with van der Waals surface area (Å²) < 4.78 is 0.895. The van der Waals surface area contributed by atoms with Gasteiger partial charge in [-0.2, -0.15) is 0 Å². The van der Waals surface area contributed by atoms with E-state index in [9.17, 15) is 5.11 Å². The van der Waals surface area contributed by atoms with Crippen LogP contribution in [0.1, 0.15) is 42.2 Å². The van der Waals surface area contributed by atoms with Crippen molar-refractivity contribution in [1.29, 1.82) is 0 Å². The van der Waals surface area contributed by atoms with E-state index >= 15 is 0 Å². The van der Waals surface area contributed by atoms with Gasteiger partial charge in [0.2, 0.25) is 0 Å². The zero-order valence-corrected chi connectivity index (χ0v) is 11.4. The van der Waals surface area contributed by atoms with Gasteiger partial charge in [0, 0.05) is 17.5 Å². The highest BCUT2D eigenvalue weighted by atomic mass is 35.5. The summed E-state index contributed by atoms with van der Waals surface area (Å²) in [4.78, 5) is 1.43. The summed E-state index contributed by atoms with van der Waals surface area (Å²) >= 11 is 7.79. The molecule has 2 nitrogen and oxygen atoms in total. The van der Waals surface area contributed by atoms with Crippen LogP contribution in [-0.4, -0.2) is 17.8 Å². The number of thiophene rings is 1. The van der Waals surface area contributed by atoms with Crippen LogP contribution in [-0.2, 0) is 6.42 Å². The molecule has 0 bridgehead atoms. The SMILES string of the molecule is OC(CNC1CCCc2sc(Cl)cc21)C1CC1. The monoisotopic (exact) mass is 271 g/mol. The molecule has 2 atom stereocenters. The van der Waals surface area contributed by atoms with Crippen molar-refractivity contribution in [3.63, 3.8) is 0 Å². The van der Waals surface area contributed by atoms with Crippen molar-refractivity contribution in [1.82, 2.24) is 5.32 Å². The molecular formula is C13H18ClNOS. The third kappa shape index (κ3) is 2.68. The Morgan fingerprint density at radius 2 is 2.29 bits per heavy atom. The van der Waals surface area contributed by atoms with Gasteiger partial charge in [-0.25, -0.2) is 0 Å². The van der Waals surface area contributed by atoms with E-state index in [0.717, 1.165) is 23.7 Å². The second-order valence-corrected chi connectivity index (χ2v) is 6.95. The number of hydrogen-bond acceptors (Lipinski definition) is 3. The number of halogens is 1. The smallest absolute Gasteiger partial charge is 0.0934 e. The van der Waals surface area contributed by atoms with E-state index in [1.165, 1.54) is 29.7 Å². The van der Waals surface area contributed by atoms with Gasteiger partial charge < -0.3 is 10.4 Å². The van der Waals surface area contributed by atoms with Gasteiger partial charge in [-0.05, 0) is 49.7 Å². The average molecular weight is 272 g/mol. The first kappa shape index (κ1) is 12.0. The maximum absolute atomic E-state index is 9.89. The van der Waals surface area contributed by atoms with Crippen molar-refractivity contribution in [2.75, 3.05) is 6.54 Å². The van der Waals surface area contributed by atoms with Gasteiger partial charge in [-0.1, -0.05) is 11.6 Å². The third-order valence-electron chi connectivity index (χ3n) is 3.82. The normalized spacial score (nSPS) is 25.6.